The zero-order valence-corrected chi connectivity index (χ0v) is 12.0. The van der Waals surface area contributed by atoms with Crippen LogP contribution in [0.25, 0.3) is 0 Å². The van der Waals surface area contributed by atoms with Gasteiger partial charge in [0.05, 0.1) is 6.42 Å². The Labute approximate surface area is 121 Å². The SMILES string of the molecule is Cc1onc(Cc2nc(C3(C)CCCCO3)no2)c1C#N. The Balaban J connectivity index is 1.81. The van der Waals surface area contributed by atoms with Crippen molar-refractivity contribution in [1.29, 1.82) is 5.26 Å². The molecule has 2 aromatic rings. The average molecular weight is 288 g/mol. The summed E-state index contributed by atoms with van der Waals surface area (Å²) >= 11 is 0. The van der Waals surface area contributed by atoms with Gasteiger partial charge < -0.3 is 13.8 Å². The first-order valence-corrected chi connectivity index (χ1v) is 6.94. The van der Waals surface area contributed by atoms with Crippen LogP contribution in [0.4, 0.5) is 0 Å². The number of nitrogens with zero attached hydrogens (tertiary/aromatic N) is 4. The van der Waals surface area contributed by atoms with Crippen molar-refractivity contribution in [3.8, 4) is 6.07 Å². The molecule has 1 saturated heterocycles. The van der Waals surface area contributed by atoms with Crippen LogP contribution in [0.5, 0.6) is 0 Å². The zero-order valence-electron chi connectivity index (χ0n) is 12.0. The van der Waals surface area contributed by atoms with E-state index in [4.69, 9.17) is 19.0 Å². The van der Waals surface area contributed by atoms with Crippen LogP contribution in [0.15, 0.2) is 9.05 Å². The number of ether oxygens (including phenoxy) is 1. The van der Waals surface area contributed by atoms with Crippen LogP contribution in [-0.4, -0.2) is 21.9 Å². The Morgan fingerprint density at radius 2 is 2.14 bits per heavy atom. The molecule has 3 heterocycles. The Morgan fingerprint density at radius 3 is 2.86 bits per heavy atom. The maximum absolute atomic E-state index is 9.08. The van der Waals surface area contributed by atoms with E-state index < -0.39 is 5.60 Å². The van der Waals surface area contributed by atoms with Crippen LogP contribution < -0.4 is 0 Å². The fraction of sp³-hybridized carbons (Fsp3) is 0.571. The lowest BCUT2D eigenvalue weighted by Gasteiger charge is -2.30. The second kappa shape index (κ2) is 5.30. The maximum atomic E-state index is 9.08. The number of rotatable bonds is 3. The summed E-state index contributed by atoms with van der Waals surface area (Å²) in [4.78, 5) is 4.39. The lowest BCUT2D eigenvalue weighted by Crippen LogP contribution is -2.31. The molecule has 2 aromatic heterocycles. The van der Waals surface area contributed by atoms with Gasteiger partial charge in [-0.2, -0.15) is 10.2 Å². The Bertz CT molecular complexity index is 677. The molecule has 0 amide bonds. The molecule has 1 fully saturated rings. The number of hydrogen-bond acceptors (Lipinski definition) is 7. The quantitative estimate of drug-likeness (QED) is 0.854. The van der Waals surface area contributed by atoms with Crippen molar-refractivity contribution in [2.75, 3.05) is 6.61 Å². The van der Waals surface area contributed by atoms with Crippen LogP contribution in [0.2, 0.25) is 0 Å². The van der Waals surface area contributed by atoms with Crippen LogP contribution >= 0.6 is 0 Å². The van der Waals surface area contributed by atoms with Crippen molar-refractivity contribution in [3.63, 3.8) is 0 Å². The molecule has 1 aliphatic rings. The van der Waals surface area contributed by atoms with Crippen LogP contribution in [0.1, 0.15) is 54.9 Å². The standard InChI is InChI=1S/C14H16N4O3/c1-9-10(8-15)11(17-20-9)7-12-16-13(18-21-12)14(2)5-3-4-6-19-14/h3-7H2,1-2H3. The number of hydrogen-bond donors (Lipinski definition) is 0. The summed E-state index contributed by atoms with van der Waals surface area (Å²) in [5, 5.41) is 17.0. The minimum atomic E-state index is -0.488. The van der Waals surface area contributed by atoms with E-state index in [2.05, 4.69) is 21.4 Å². The summed E-state index contributed by atoms with van der Waals surface area (Å²) in [5.74, 6) is 1.45. The zero-order chi connectivity index (χ0) is 14.9. The lowest BCUT2D eigenvalue weighted by molar-refractivity contribution is -0.0770. The van der Waals surface area contributed by atoms with E-state index in [-0.39, 0.29) is 6.42 Å². The van der Waals surface area contributed by atoms with E-state index >= 15 is 0 Å². The highest BCUT2D eigenvalue weighted by atomic mass is 16.5. The van der Waals surface area contributed by atoms with E-state index in [1.165, 1.54) is 0 Å². The molecule has 21 heavy (non-hydrogen) atoms. The second-order valence-electron chi connectivity index (χ2n) is 5.40. The second-order valence-corrected chi connectivity index (χ2v) is 5.40. The van der Waals surface area contributed by atoms with Crippen molar-refractivity contribution in [3.05, 3.63) is 28.7 Å². The third-order valence-corrected chi connectivity index (χ3v) is 3.77. The molecular weight excluding hydrogens is 272 g/mol. The summed E-state index contributed by atoms with van der Waals surface area (Å²) in [6.45, 7) is 4.38. The van der Waals surface area contributed by atoms with Crippen LogP contribution in [0.3, 0.4) is 0 Å². The van der Waals surface area contributed by atoms with Gasteiger partial charge >= 0.3 is 0 Å². The highest BCUT2D eigenvalue weighted by molar-refractivity contribution is 5.36. The largest absolute Gasteiger partial charge is 0.367 e. The van der Waals surface area contributed by atoms with Gasteiger partial charge in [-0.15, -0.1) is 0 Å². The Morgan fingerprint density at radius 1 is 1.29 bits per heavy atom. The van der Waals surface area contributed by atoms with Crippen LogP contribution in [0, 0.1) is 18.3 Å². The summed E-state index contributed by atoms with van der Waals surface area (Å²) in [7, 11) is 0. The minimum absolute atomic E-state index is 0.281. The first-order chi connectivity index (χ1) is 10.1. The van der Waals surface area contributed by atoms with Gasteiger partial charge in [0.2, 0.25) is 11.7 Å². The lowest BCUT2D eigenvalue weighted by atomic mass is 9.95. The molecule has 1 atom stereocenters. The molecule has 0 aliphatic carbocycles. The Hall–Kier alpha value is -2.20. The average Bonchev–Trinajstić information content (AvgIpc) is 3.08. The molecule has 0 radical (unpaired) electrons. The highest BCUT2D eigenvalue weighted by Gasteiger charge is 2.35. The van der Waals surface area contributed by atoms with Gasteiger partial charge in [0.15, 0.2) is 5.76 Å². The normalized spacial score (nSPS) is 22.1. The highest BCUT2D eigenvalue weighted by Crippen LogP contribution is 2.32. The fourth-order valence-electron chi connectivity index (χ4n) is 2.48. The Kier molecular flexibility index (Phi) is 3.47. The monoisotopic (exact) mass is 288 g/mol. The van der Waals surface area contributed by atoms with Gasteiger partial charge in [0, 0.05) is 6.61 Å². The van der Waals surface area contributed by atoms with Gasteiger partial charge in [-0.1, -0.05) is 10.3 Å². The molecular formula is C14H16N4O3. The van der Waals surface area contributed by atoms with Crippen LogP contribution in [-0.2, 0) is 16.8 Å². The van der Waals surface area contributed by atoms with Gasteiger partial charge in [-0.05, 0) is 33.1 Å². The molecule has 0 saturated carbocycles. The summed E-state index contributed by atoms with van der Waals surface area (Å²) in [5.41, 5.74) is 0.451. The van der Waals surface area contributed by atoms with Crippen molar-refractivity contribution < 1.29 is 13.8 Å². The van der Waals surface area contributed by atoms with Gasteiger partial charge in [-0.3, -0.25) is 0 Å². The number of nitriles is 1. The molecule has 0 spiro atoms. The summed E-state index contributed by atoms with van der Waals surface area (Å²) in [6, 6.07) is 2.07. The van der Waals surface area contributed by atoms with Crippen molar-refractivity contribution in [1.82, 2.24) is 15.3 Å². The maximum Gasteiger partial charge on any atom is 0.232 e. The van der Waals surface area contributed by atoms with Gasteiger partial charge in [0.25, 0.3) is 0 Å². The molecule has 3 rings (SSSR count). The van der Waals surface area contributed by atoms with Crippen molar-refractivity contribution in [2.24, 2.45) is 0 Å². The molecule has 7 nitrogen and oxygen atoms in total. The molecule has 0 N–H and O–H groups in total. The van der Waals surface area contributed by atoms with E-state index in [1.54, 1.807) is 6.92 Å². The third-order valence-electron chi connectivity index (χ3n) is 3.77. The summed E-state index contributed by atoms with van der Waals surface area (Å²) in [6.07, 6.45) is 3.30. The van der Waals surface area contributed by atoms with E-state index in [0.29, 0.717) is 35.3 Å². The predicted octanol–water partition coefficient (Wildman–Crippen LogP) is 2.24. The molecule has 0 aromatic carbocycles. The van der Waals surface area contributed by atoms with E-state index in [0.717, 1.165) is 19.3 Å². The topological polar surface area (TPSA) is 98.0 Å². The molecule has 0 bridgehead atoms. The minimum Gasteiger partial charge on any atom is -0.367 e. The third kappa shape index (κ3) is 2.54. The first kappa shape index (κ1) is 13.8. The molecule has 1 aliphatic heterocycles. The smallest absolute Gasteiger partial charge is 0.232 e. The van der Waals surface area contributed by atoms with Crippen molar-refractivity contribution >= 4 is 0 Å². The summed E-state index contributed by atoms with van der Waals surface area (Å²) < 4.78 is 16.1. The molecule has 7 heteroatoms. The number of aryl methyl sites for hydroxylation is 1. The number of aromatic nitrogens is 3. The predicted molar refractivity (Wildman–Crippen MR) is 70.2 cm³/mol. The van der Waals surface area contributed by atoms with Gasteiger partial charge in [0.1, 0.15) is 22.9 Å². The van der Waals surface area contributed by atoms with Crippen molar-refractivity contribution in [2.45, 2.75) is 45.1 Å². The first-order valence-electron chi connectivity index (χ1n) is 6.94. The fourth-order valence-corrected chi connectivity index (χ4v) is 2.48. The van der Waals surface area contributed by atoms with Gasteiger partial charge in [-0.25, -0.2) is 0 Å². The molecule has 1 unspecified atom stereocenters. The van der Waals surface area contributed by atoms with E-state index in [9.17, 15) is 0 Å². The molecule has 110 valence electrons. The van der Waals surface area contributed by atoms with E-state index in [1.807, 2.05) is 6.92 Å².